The Balaban J connectivity index is 1.84. The Bertz CT molecular complexity index is 400. The van der Waals surface area contributed by atoms with Gasteiger partial charge in [-0.15, -0.1) is 0 Å². The van der Waals surface area contributed by atoms with Crippen molar-refractivity contribution < 1.29 is 24.3 Å². The first-order valence-electron chi connectivity index (χ1n) is 5.54. The lowest BCUT2D eigenvalue weighted by atomic mass is 9.97. The van der Waals surface area contributed by atoms with Crippen LogP contribution in [-0.2, 0) is 14.4 Å². The van der Waals surface area contributed by atoms with E-state index in [-0.39, 0.29) is 31.5 Å². The van der Waals surface area contributed by atoms with Gasteiger partial charge in [0.1, 0.15) is 13.1 Å². The quantitative estimate of drug-likeness (QED) is 0.582. The molecule has 98 valence electrons. The lowest BCUT2D eigenvalue weighted by Gasteiger charge is -2.41. The van der Waals surface area contributed by atoms with Crippen molar-refractivity contribution in [2.75, 3.05) is 26.2 Å². The minimum atomic E-state index is -0.889. The fourth-order valence-corrected chi connectivity index (χ4v) is 2.07. The van der Waals surface area contributed by atoms with Crippen molar-refractivity contribution in [1.82, 2.24) is 15.1 Å². The number of rotatable bonds is 2. The van der Waals surface area contributed by atoms with Gasteiger partial charge >= 0.3 is 12.0 Å². The number of hydrogen-bond donors (Lipinski definition) is 2. The molecule has 0 unspecified atom stereocenters. The molecule has 8 nitrogen and oxygen atoms in total. The molecule has 8 heteroatoms. The van der Waals surface area contributed by atoms with Gasteiger partial charge in [-0.05, 0) is 0 Å². The van der Waals surface area contributed by atoms with Gasteiger partial charge in [0.15, 0.2) is 0 Å². The number of carboxylic acid groups (broad SMARTS) is 1. The number of carbonyl (C=O) groups excluding carboxylic acids is 3. The van der Waals surface area contributed by atoms with Crippen LogP contribution in [0.5, 0.6) is 0 Å². The monoisotopic (exact) mass is 255 g/mol. The molecule has 0 radical (unpaired) electrons. The zero-order valence-corrected chi connectivity index (χ0v) is 9.59. The Morgan fingerprint density at radius 1 is 1.17 bits per heavy atom. The summed E-state index contributed by atoms with van der Waals surface area (Å²) in [5.41, 5.74) is 0. The van der Waals surface area contributed by atoms with Crippen LogP contribution in [0.2, 0.25) is 0 Å². The summed E-state index contributed by atoms with van der Waals surface area (Å²) in [6.07, 6.45) is 0.0309. The number of aliphatic carboxylic acids is 1. The van der Waals surface area contributed by atoms with Crippen molar-refractivity contribution in [3.63, 3.8) is 0 Å². The highest BCUT2D eigenvalue weighted by Gasteiger charge is 2.36. The summed E-state index contributed by atoms with van der Waals surface area (Å²) < 4.78 is 0. The minimum Gasteiger partial charge on any atom is -0.481 e. The van der Waals surface area contributed by atoms with E-state index in [9.17, 15) is 19.2 Å². The molecule has 0 saturated carbocycles. The second-order valence-electron chi connectivity index (χ2n) is 4.48. The number of hydrogen-bond acceptors (Lipinski definition) is 4. The van der Waals surface area contributed by atoms with Gasteiger partial charge in [-0.2, -0.15) is 0 Å². The average Bonchev–Trinajstić information content (AvgIpc) is 2.20. The summed E-state index contributed by atoms with van der Waals surface area (Å²) in [7, 11) is 0. The summed E-state index contributed by atoms with van der Waals surface area (Å²) >= 11 is 0. The molecule has 4 amide bonds. The molecule has 0 aromatic rings. The highest BCUT2D eigenvalue weighted by atomic mass is 16.4. The van der Waals surface area contributed by atoms with Crippen molar-refractivity contribution in [3.8, 4) is 0 Å². The molecule has 2 heterocycles. The maximum absolute atomic E-state index is 11.9. The van der Waals surface area contributed by atoms with E-state index >= 15 is 0 Å². The predicted octanol–water partition coefficient (Wildman–Crippen LogP) is -1.53. The molecule has 2 aliphatic rings. The number of urea groups is 1. The number of piperazine rings is 1. The number of nitrogens with one attached hydrogen (secondary N) is 1. The Kier molecular flexibility index (Phi) is 3.17. The smallest absolute Gasteiger partial charge is 0.320 e. The molecular formula is C10H13N3O5. The van der Waals surface area contributed by atoms with Gasteiger partial charge in [0.05, 0.1) is 6.42 Å². The summed E-state index contributed by atoms with van der Waals surface area (Å²) in [4.78, 5) is 47.1. The van der Waals surface area contributed by atoms with Gasteiger partial charge in [0.25, 0.3) is 0 Å². The predicted molar refractivity (Wildman–Crippen MR) is 57.4 cm³/mol. The third-order valence-corrected chi connectivity index (χ3v) is 2.91. The van der Waals surface area contributed by atoms with E-state index in [1.165, 1.54) is 4.90 Å². The molecule has 18 heavy (non-hydrogen) atoms. The molecule has 0 bridgehead atoms. The Morgan fingerprint density at radius 3 is 2.22 bits per heavy atom. The summed E-state index contributed by atoms with van der Waals surface area (Å²) in [6.45, 7) is 0.449. The van der Waals surface area contributed by atoms with E-state index in [4.69, 9.17) is 5.11 Å². The zero-order valence-electron chi connectivity index (χ0n) is 9.59. The van der Waals surface area contributed by atoms with E-state index in [2.05, 4.69) is 5.32 Å². The van der Waals surface area contributed by atoms with Crippen LogP contribution in [0.15, 0.2) is 0 Å². The van der Waals surface area contributed by atoms with Crippen LogP contribution in [0.1, 0.15) is 6.42 Å². The number of nitrogens with zero attached hydrogens (tertiary/aromatic N) is 2. The van der Waals surface area contributed by atoms with Gasteiger partial charge in [-0.1, -0.05) is 0 Å². The fraction of sp³-hybridized carbons (Fsp3) is 0.600. The van der Waals surface area contributed by atoms with Crippen LogP contribution >= 0.6 is 0 Å². The van der Waals surface area contributed by atoms with E-state index in [0.717, 1.165) is 4.90 Å². The second kappa shape index (κ2) is 4.63. The molecule has 0 spiro atoms. The topological polar surface area (TPSA) is 107 Å². The van der Waals surface area contributed by atoms with Crippen LogP contribution in [0.25, 0.3) is 0 Å². The van der Waals surface area contributed by atoms with Crippen LogP contribution < -0.4 is 5.32 Å². The van der Waals surface area contributed by atoms with Gasteiger partial charge in [-0.25, -0.2) is 4.79 Å². The largest absolute Gasteiger partial charge is 0.481 e. The number of imide groups is 1. The molecule has 2 rings (SSSR count). The molecular weight excluding hydrogens is 242 g/mol. The van der Waals surface area contributed by atoms with E-state index in [1.807, 2.05) is 0 Å². The van der Waals surface area contributed by atoms with Crippen LogP contribution in [-0.4, -0.2) is 64.9 Å². The zero-order chi connectivity index (χ0) is 13.3. The lowest BCUT2D eigenvalue weighted by molar-refractivity contribution is -0.139. The summed E-state index contributed by atoms with van der Waals surface area (Å²) in [6, 6.07) is -0.389. The van der Waals surface area contributed by atoms with Crippen molar-refractivity contribution in [2.45, 2.75) is 6.42 Å². The third-order valence-electron chi connectivity index (χ3n) is 2.91. The maximum atomic E-state index is 11.9. The van der Waals surface area contributed by atoms with Gasteiger partial charge in [0, 0.05) is 19.0 Å². The summed E-state index contributed by atoms with van der Waals surface area (Å²) in [5.74, 6) is -1.93. The Morgan fingerprint density at radius 2 is 1.72 bits per heavy atom. The van der Waals surface area contributed by atoms with Crippen molar-refractivity contribution >= 4 is 23.8 Å². The maximum Gasteiger partial charge on any atom is 0.320 e. The molecule has 0 aliphatic carbocycles. The number of likely N-dealkylation sites (tertiary alicyclic amines) is 1. The molecule has 2 saturated heterocycles. The molecule has 2 aliphatic heterocycles. The van der Waals surface area contributed by atoms with Crippen LogP contribution in [0, 0.1) is 5.92 Å². The SMILES string of the molecule is O=C(O)CC1CN(C(=O)N2CC(=O)NC(=O)C2)C1. The fourth-order valence-electron chi connectivity index (χ4n) is 2.07. The number of carboxylic acids is 1. The molecule has 0 atom stereocenters. The van der Waals surface area contributed by atoms with Gasteiger partial charge in [-0.3, -0.25) is 19.7 Å². The van der Waals surface area contributed by atoms with Crippen molar-refractivity contribution in [1.29, 1.82) is 0 Å². The Labute approximate surface area is 103 Å². The van der Waals surface area contributed by atoms with Crippen molar-refractivity contribution in [2.24, 2.45) is 5.92 Å². The van der Waals surface area contributed by atoms with Gasteiger partial charge < -0.3 is 14.9 Å². The first-order chi connectivity index (χ1) is 8.45. The first-order valence-corrected chi connectivity index (χ1v) is 5.54. The second-order valence-corrected chi connectivity index (χ2v) is 4.48. The highest BCUT2D eigenvalue weighted by molar-refractivity contribution is 6.02. The van der Waals surface area contributed by atoms with Crippen LogP contribution in [0.3, 0.4) is 0 Å². The van der Waals surface area contributed by atoms with Crippen LogP contribution in [0.4, 0.5) is 4.79 Å². The normalized spacial score (nSPS) is 20.4. The average molecular weight is 255 g/mol. The van der Waals surface area contributed by atoms with Crippen molar-refractivity contribution in [3.05, 3.63) is 0 Å². The van der Waals surface area contributed by atoms with E-state index < -0.39 is 17.8 Å². The number of amides is 4. The minimum absolute atomic E-state index is 0.0309. The standard InChI is InChI=1S/C10H13N3O5/c14-7-4-13(5-8(15)11-7)10(18)12-2-6(3-12)1-9(16)17/h6H,1-5H2,(H,16,17)(H,11,14,15). The molecule has 2 N–H and O–H groups in total. The molecule has 0 aromatic heterocycles. The first kappa shape index (κ1) is 12.3. The number of carbonyl (C=O) groups is 4. The van der Waals surface area contributed by atoms with Gasteiger partial charge in [0.2, 0.25) is 11.8 Å². The molecule has 0 aromatic carbocycles. The summed E-state index contributed by atoms with van der Waals surface area (Å²) in [5, 5.41) is 10.7. The Hall–Kier alpha value is -2.12. The van der Waals surface area contributed by atoms with E-state index in [0.29, 0.717) is 13.1 Å². The third kappa shape index (κ3) is 2.58. The lowest BCUT2D eigenvalue weighted by Crippen LogP contribution is -2.60. The highest BCUT2D eigenvalue weighted by Crippen LogP contribution is 2.20. The molecule has 2 fully saturated rings. The van der Waals surface area contributed by atoms with E-state index in [1.54, 1.807) is 0 Å².